The molecule has 0 saturated heterocycles. The molecule has 0 fully saturated rings. The van der Waals surface area contributed by atoms with Crippen LogP contribution in [0.2, 0.25) is 0 Å². The van der Waals surface area contributed by atoms with Crippen molar-refractivity contribution in [2.75, 3.05) is 12.4 Å². The van der Waals surface area contributed by atoms with E-state index < -0.39 is 4.92 Å². The van der Waals surface area contributed by atoms with E-state index in [0.717, 1.165) is 5.82 Å². The highest BCUT2D eigenvalue weighted by atomic mass is 16.6. The van der Waals surface area contributed by atoms with Gasteiger partial charge in [0.05, 0.1) is 0 Å². The Morgan fingerprint density at radius 2 is 2.36 bits per heavy atom. The van der Waals surface area contributed by atoms with Crippen LogP contribution in [0.1, 0.15) is 0 Å². The van der Waals surface area contributed by atoms with Crippen LogP contribution in [-0.4, -0.2) is 21.4 Å². The average molecular weight is 192 g/mol. The third kappa shape index (κ3) is 1.08. The van der Waals surface area contributed by atoms with E-state index in [0.29, 0.717) is 5.52 Å². The van der Waals surface area contributed by atoms with E-state index >= 15 is 0 Å². The van der Waals surface area contributed by atoms with Crippen LogP contribution in [0.25, 0.3) is 5.52 Å². The van der Waals surface area contributed by atoms with Gasteiger partial charge >= 0.3 is 5.82 Å². The summed E-state index contributed by atoms with van der Waals surface area (Å²) in [5, 5.41) is 13.5. The molecule has 0 aliphatic carbocycles. The van der Waals surface area contributed by atoms with Crippen LogP contribution in [0.4, 0.5) is 11.6 Å². The molecule has 0 aliphatic heterocycles. The number of hydrogen-bond donors (Lipinski definition) is 1. The molecular weight excluding hydrogens is 184 g/mol. The summed E-state index contributed by atoms with van der Waals surface area (Å²) >= 11 is 0. The van der Waals surface area contributed by atoms with Crippen molar-refractivity contribution in [3.8, 4) is 0 Å². The van der Waals surface area contributed by atoms with Gasteiger partial charge in [-0.2, -0.15) is 0 Å². The van der Waals surface area contributed by atoms with Crippen molar-refractivity contribution in [2.45, 2.75) is 0 Å². The fraction of sp³-hybridized carbons (Fsp3) is 0.125. The molecule has 6 heteroatoms. The maximum Gasteiger partial charge on any atom is 0.389 e. The van der Waals surface area contributed by atoms with Crippen molar-refractivity contribution >= 4 is 17.2 Å². The third-order valence-electron chi connectivity index (χ3n) is 1.98. The maximum absolute atomic E-state index is 10.6. The topological polar surface area (TPSA) is 72.5 Å². The Hall–Kier alpha value is -2.11. The number of nitro groups is 1. The van der Waals surface area contributed by atoms with Gasteiger partial charge in [0, 0.05) is 7.05 Å². The minimum atomic E-state index is -0.491. The van der Waals surface area contributed by atoms with Gasteiger partial charge in [-0.15, -0.1) is 0 Å². The largest absolute Gasteiger partial charge is 0.389 e. The molecule has 0 amide bonds. The van der Waals surface area contributed by atoms with Gasteiger partial charge in [0.1, 0.15) is 11.3 Å². The number of nitrogens with zero attached hydrogens (tertiary/aromatic N) is 3. The van der Waals surface area contributed by atoms with E-state index in [1.165, 1.54) is 6.33 Å². The molecule has 2 aromatic heterocycles. The molecule has 2 rings (SSSR count). The van der Waals surface area contributed by atoms with Crippen molar-refractivity contribution in [1.82, 2.24) is 9.38 Å². The number of anilines is 1. The maximum atomic E-state index is 10.6. The monoisotopic (exact) mass is 192 g/mol. The van der Waals surface area contributed by atoms with Crippen LogP contribution in [0, 0.1) is 10.1 Å². The smallest absolute Gasteiger partial charge is 0.374 e. The Labute approximate surface area is 79.3 Å². The number of fused-ring (bicyclic) bond motifs is 1. The first-order chi connectivity index (χ1) is 6.74. The van der Waals surface area contributed by atoms with Crippen molar-refractivity contribution in [1.29, 1.82) is 0 Å². The van der Waals surface area contributed by atoms with Gasteiger partial charge in [-0.05, 0) is 22.0 Å². The van der Waals surface area contributed by atoms with Crippen LogP contribution in [-0.2, 0) is 0 Å². The normalized spacial score (nSPS) is 10.4. The molecule has 0 atom stereocenters. The molecule has 0 saturated carbocycles. The van der Waals surface area contributed by atoms with Gasteiger partial charge in [-0.1, -0.05) is 6.07 Å². The van der Waals surface area contributed by atoms with Crippen LogP contribution in [0.3, 0.4) is 0 Å². The Morgan fingerprint density at radius 1 is 1.57 bits per heavy atom. The van der Waals surface area contributed by atoms with Crippen LogP contribution in [0.15, 0.2) is 24.5 Å². The van der Waals surface area contributed by atoms with E-state index in [-0.39, 0.29) is 5.82 Å². The van der Waals surface area contributed by atoms with Gasteiger partial charge in [-0.25, -0.2) is 0 Å². The molecule has 72 valence electrons. The van der Waals surface area contributed by atoms with E-state index in [2.05, 4.69) is 10.3 Å². The molecule has 0 spiro atoms. The van der Waals surface area contributed by atoms with E-state index in [1.54, 1.807) is 23.6 Å². The third-order valence-corrected chi connectivity index (χ3v) is 1.98. The summed E-state index contributed by atoms with van der Waals surface area (Å²) < 4.78 is 1.64. The molecule has 2 aromatic rings. The second-order valence-corrected chi connectivity index (χ2v) is 2.74. The summed E-state index contributed by atoms with van der Waals surface area (Å²) in [6.45, 7) is 0. The zero-order chi connectivity index (χ0) is 10.1. The quantitative estimate of drug-likeness (QED) is 0.574. The van der Waals surface area contributed by atoms with Crippen molar-refractivity contribution < 1.29 is 4.92 Å². The molecule has 0 unspecified atom stereocenters. The number of nitrogens with one attached hydrogen (secondary N) is 1. The Bertz CT molecular complexity index is 491. The molecule has 2 heterocycles. The minimum absolute atomic E-state index is 0.123. The summed E-state index contributed by atoms with van der Waals surface area (Å²) in [5.41, 5.74) is 0.488. The Morgan fingerprint density at radius 3 is 3.00 bits per heavy atom. The molecule has 0 aromatic carbocycles. The molecule has 0 bridgehead atoms. The number of rotatable bonds is 2. The number of aromatic nitrogens is 2. The molecular formula is C8H8N4O2. The van der Waals surface area contributed by atoms with Gasteiger partial charge in [-0.3, -0.25) is 4.40 Å². The second-order valence-electron chi connectivity index (χ2n) is 2.74. The van der Waals surface area contributed by atoms with Gasteiger partial charge in [0.25, 0.3) is 0 Å². The highest BCUT2D eigenvalue weighted by molar-refractivity contribution is 5.65. The Kier molecular flexibility index (Phi) is 1.81. The summed E-state index contributed by atoms with van der Waals surface area (Å²) in [4.78, 5) is 13.8. The van der Waals surface area contributed by atoms with Crippen molar-refractivity contribution in [2.24, 2.45) is 0 Å². The first kappa shape index (κ1) is 8.49. The lowest BCUT2D eigenvalue weighted by Gasteiger charge is -2.01. The summed E-state index contributed by atoms with van der Waals surface area (Å²) in [6, 6.07) is 5.22. The van der Waals surface area contributed by atoms with Gasteiger partial charge < -0.3 is 15.4 Å². The molecule has 1 N–H and O–H groups in total. The standard InChI is InChI=1S/C8H8N4O2/c1-9-7-4-2-3-6-8(12(13)14)10-5-11(6)7/h2-5,9H,1H3. The zero-order valence-corrected chi connectivity index (χ0v) is 7.47. The van der Waals surface area contributed by atoms with E-state index in [1.807, 2.05) is 6.07 Å². The molecule has 0 radical (unpaired) electrons. The van der Waals surface area contributed by atoms with Crippen LogP contribution >= 0.6 is 0 Å². The lowest BCUT2D eigenvalue weighted by atomic mass is 10.4. The van der Waals surface area contributed by atoms with Crippen molar-refractivity contribution in [3.63, 3.8) is 0 Å². The predicted molar refractivity (Wildman–Crippen MR) is 51.4 cm³/mol. The predicted octanol–water partition coefficient (Wildman–Crippen LogP) is 1.28. The fourth-order valence-electron chi connectivity index (χ4n) is 1.35. The average Bonchev–Trinajstić information content (AvgIpc) is 2.60. The second kappa shape index (κ2) is 2.99. The van der Waals surface area contributed by atoms with E-state index in [4.69, 9.17) is 0 Å². The Balaban J connectivity index is 2.75. The van der Waals surface area contributed by atoms with Gasteiger partial charge in [0.2, 0.25) is 6.33 Å². The molecule has 6 nitrogen and oxygen atoms in total. The number of hydrogen-bond acceptors (Lipinski definition) is 4. The van der Waals surface area contributed by atoms with E-state index in [9.17, 15) is 10.1 Å². The molecule has 0 aliphatic rings. The summed E-state index contributed by atoms with van der Waals surface area (Å²) in [5.74, 6) is 0.644. The lowest BCUT2D eigenvalue weighted by molar-refractivity contribution is -0.387. The van der Waals surface area contributed by atoms with Crippen LogP contribution in [0.5, 0.6) is 0 Å². The number of imidazole rings is 1. The van der Waals surface area contributed by atoms with Crippen LogP contribution < -0.4 is 5.32 Å². The first-order valence-electron chi connectivity index (χ1n) is 4.02. The minimum Gasteiger partial charge on any atom is -0.374 e. The molecule has 14 heavy (non-hydrogen) atoms. The lowest BCUT2D eigenvalue weighted by Crippen LogP contribution is -1.96. The first-order valence-corrected chi connectivity index (χ1v) is 4.02. The highest BCUT2D eigenvalue weighted by Crippen LogP contribution is 2.20. The summed E-state index contributed by atoms with van der Waals surface area (Å²) in [6.07, 6.45) is 1.43. The SMILES string of the molecule is CNc1cccc2c([N+](=O)[O-])ncn12. The highest BCUT2D eigenvalue weighted by Gasteiger charge is 2.15. The number of pyridine rings is 1. The zero-order valence-electron chi connectivity index (χ0n) is 7.47. The van der Waals surface area contributed by atoms with Crippen molar-refractivity contribution in [3.05, 3.63) is 34.6 Å². The summed E-state index contributed by atoms with van der Waals surface area (Å²) in [7, 11) is 1.75. The fourth-order valence-corrected chi connectivity index (χ4v) is 1.35. The van der Waals surface area contributed by atoms with Gasteiger partial charge in [0.15, 0.2) is 0 Å².